The van der Waals surface area contributed by atoms with Gasteiger partial charge in [-0.05, 0) is 39.3 Å². The van der Waals surface area contributed by atoms with Crippen LogP contribution in [-0.2, 0) is 15.7 Å². The maximum Gasteiger partial charge on any atom is 0.416 e. The zero-order valence-corrected chi connectivity index (χ0v) is 14.9. The van der Waals surface area contributed by atoms with E-state index in [1.165, 1.54) is 25.1 Å². The summed E-state index contributed by atoms with van der Waals surface area (Å²) in [5.74, 6) is -2.84. The summed E-state index contributed by atoms with van der Waals surface area (Å²) < 4.78 is 45.8. The van der Waals surface area contributed by atoms with Gasteiger partial charge in [0.1, 0.15) is 0 Å². The van der Waals surface area contributed by atoms with Crippen molar-refractivity contribution in [1.82, 2.24) is 0 Å². The van der Waals surface area contributed by atoms with Crippen molar-refractivity contribution in [3.8, 4) is 6.07 Å². The fraction of sp³-hybridized carbons (Fsp3) is 0.421. The molecule has 0 aromatic heterocycles. The van der Waals surface area contributed by atoms with E-state index in [2.05, 4.69) is 4.99 Å². The standard InChI is InChI=1S/C19H19F3N2O2/c1-10(2)26-18(25)16-12(4)24-11(3)14(9-23)17(16)13-7-5-6-8-15(13)19(20,21)22/h5-8,10,14,17H,1-4H3. The van der Waals surface area contributed by atoms with Gasteiger partial charge in [0.15, 0.2) is 0 Å². The quantitative estimate of drug-likeness (QED) is 0.735. The van der Waals surface area contributed by atoms with Crippen molar-refractivity contribution in [3.63, 3.8) is 0 Å². The number of alkyl halides is 3. The molecule has 1 heterocycles. The van der Waals surface area contributed by atoms with E-state index in [4.69, 9.17) is 4.74 Å². The summed E-state index contributed by atoms with van der Waals surface area (Å²) in [6, 6.07) is 6.98. The summed E-state index contributed by atoms with van der Waals surface area (Å²) in [5.41, 5.74) is -0.374. The van der Waals surface area contributed by atoms with Crippen LogP contribution in [0, 0.1) is 17.2 Å². The first kappa shape index (κ1) is 19.7. The van der Waals surface area contributed by atoms with Crippen molar-refractivity contribution < 1.29 is 22.7 Å². The molecule has 0 bridgehead atoms. The van der Waals surface area contributed by atoms with E-state index in [1.54, 1.807) is 20.8 Å². The number of allylic oxidation sites excluding steroid dienone is 1. The van der Waals surface area contributed by atoms with Crippen molar-refractivity contribution >= 4 is 11.7 Å². The molecule has 26 heavy (non-hydrogen) atoms. The molecule has 7 heteroatoms. The number of hydrogen-bond acceptors (Lipinski definition) is 4. The van der Waals surface area contributed by atoms with Crippen LogP contribution in [0.3, 0.4) is 0 Å². The van der Waals surface area contributed by atoms with E-state index in [0.717, 1.165) is 6.07 Å². The van der Waals surface area contributed by atoms with Crippen LogP contribution < -0.4 is 0 Å². The van der Waals surface area contributed by atoms with E-state index in [-0.39, 0.29) is 16.8 Å². The lowest BCUT2D eigenvalue weighted by Crippen LogP contribution is -2.31. The van der Waals surface area contributed by atoms with Gasteiger partial charge in [-0.2, -0.15) is 18.4 Å². The number of halogens is 3. The van der Waals surface area contributed by atoms with Gasteiger partial charge in [0, 0.05) is 17.3 Å². The molecule has 0 radical (unpaired) electrons. The predicted octanol–water partition coefficient (Wildman–Crippen LogP) is 4.63. The third kappa shape index (κ3) is 3.79. The minimum absolute atomic E-state index is 0.00690. The molecule has 0 fully saturated rings. The van der Waals surface area contributed by atoms with Gasteiger partial charge < -0.3 is 4.74 Å². The minimum Gasteiger partial charge on any atom is -0.460 e. The maximum atomic E-state index is 13.5. The summed E-state index contributed by atoms with van der Waals surface area (Å²) in [6.07, 6.45) is -5.06. The van der Waals surface area contributed by atoms with Crippen LogP contribution in [0.5, 0.6) is 0 Å². The van der Waals surface area contributed by atoms with Gasteiger partial charge in [-0.25, -0.2) is 4.79 Å². The lowest BCUT2D eigenvalue weighted by Gasteiger charge is -2.31. The van der Waals surface area contributed by atoms with Crippen LogP contribution in [0.4, 0.5) is 13.2 Å². The molecule has 2 unspecified atom stereocenters. The van der Waals surface area contributed by atoms with Gasteiger partial charge in [0.05, 0.1) is 29.2 Å². The average molecular weight is 364 g/mol. The fourth-order valence-corrected chi connectivity index (χ4v) is 3.11. The van der Waals surface area contributed by atoms with Crippen LogP contribution in [-0.4, -0.2) is 17.8 Å². The van der Waals surface area contributed by atoms with E-state index < -0.39 is 35.6 Å². The van der Waals surface area contributed by atoms with Crippen LogP contribution in [0.2, 0.25) is 0 Å². The molecule has 2 rings (SSSR count). The number of nitrogens with zero attached hydrogens (tertiary/aromatic N) is 2. The Labute approximate surface area is 150 Å². The van der Waals surface area contributed by atoms with E-state index >= 15 is 0 Å². The van der Waals surface area contributed by atoms with E-state index in [9.17, 15) is 23.2 Å². The monoisotopic (exact) mass is 364 g/mol. The molecule has 0 aliphatic carbocycles. The molecule has 0 N–H and O–H groups in total. The van der Waals surface area contributed by atoms with Crippen LogP contribution in [0.25, 0.3) is 0 Å². The molecule has 1 aliphatic rings. The fourth-order valence-electron chi connectivity index (χ4n) is 3.11. The highest BCUT2D eigenvalue weighted by atomic mass is 19.4. The largest absolute Gasteiger partial charge is 0.460 e. The third-order valence-corrected chi connectivity index (χ3v) is 4.13. The van der Waals surface area contributed by atoms with Crippen LogP contribution >= 0.6 is 0 Å². The lowest BCUT2D eigenvalue weighted by molar-refractivity contribution is -0.144. The Morgan fingerprint density at radius 3 is 2.42 bits per heavy atom. The molecule has 1 aromatic rings. The topological polar surface area (TPSA) is 62.4 Å². The van der Waals surface area contributed by atoms with Crippen molar-refractivity contribution in [2.24, 2.45) is 10.9 Å². The molecule has 2 atom stereocenters. The molecular formula is C19H19F3N2O2. The maximum absolute atomic E-state index is 13.5. The van der Waals surface area contributed by atoms with Crippen molar-refractivity contribution in [2.75, 3.05) is 0 Å². The Morgan fingerprint density at radius 2 is 1.88 bits per heavy atom. The van der Waals surface area contributed by atoms with Gasteiger partial charge in [-0.3, -0.25) is 4.99 Å². The summed E-state index contributed by atoms with van der Waals surface area (Å²) in [7, 11) is 0. The molecular weight excluding hydrogens is 345 g/mol. The summed E-state index contributed by atoms with van der Waals surface area (Å²) in [4.78, 5) is 16.8. The smallest absolute Gasteiger partial charge is 0.416 e. The number of benzene rings is 1. The molecule has 138 valence electrons. The second kappa shape index (κ2) is 7.32. The Hall–Kier alpha value is -2.62. The average Bonchev–Trinajstić information content (AvgIpc) is 2.52. The summed E-state index contributed by atoms with van der Waals surface area (Å²) in [6.45, 7) is 6.40. The summed E-state index contributed by atoms with van der Waals surface area (Å²) >= 11 is 0. The van der Waals surface area contributed by atoms with Crippen molar-refractivity contribution in [2.45, 2.75) is 45.9 Å². The Balaban J connectivity index is 2.72. The van der Waals surface area contributed by atoms with Crippen molar-refractivity contribution in [3.05, 3.63) is 46.7 Å². The van der Waals surface area contributed by atoms with E-state index in [0.29, 0.717) is 5.71 Å². The first-order chi connectivity index (χ1) is 12.1. The van der Waals surface area contributed by atoms with Crippen LogP contribution in [0.1, 0.15) is 44.7 Å². The van der Waals surface area contributed by atoms with Crippen LogP contribution in [0.15, 0.2) is 40.5 Å². The first-order valence-corrected chi connectivity index (χ1v) is 8.10. The number of hydrogen-bond donors (Lipinski definition) is 0. The number of ether oxygens (including phenoxy) is 1. The van der Waals surface area contributed by atoms with Gasteiger partial charge in [-0.15, -0.1) is 0 Å². The Kier molecular flexibility index (Phi) is 5.55. The molecule has 0 amide bonds. The van der Waals surface area contributed by atoms with Gasteiger partial charge in [0.25, 0.3) is 0 Å². The summed E-state index contributed by atoms with van der Waals surface area (Å²) in [5, 5.41) is 9.57. The Morgan fingerprint density at radius 1 is 1.27 bits per heavy atom. The van der Waals surface area contributed by atoms with Gasteiger partial charge >= 0.3 is 12.1 Å². The number of nitriles is 1. The zero-order valence-electron chi connectivity index (χ0n) is 14.9. The SMILES string of the molecule is CC1=NC(C)=C(C(=O)OC(C)C)C(c2ccccc2C(F)(F)F)C1C#N. The second-order valence-corrected chi connectivity index (χ2v) is 6.38. The highest BCUT2D eigenvalue weighted by Crippen LogP contribution is 2.44. The molecule has 0 saturated carbocycles. The number of esters is 1. The molecule has 0 spiro atoms. The lowest BCUT2D eigenvalue weighted by atomic mass is 9.75. The van der Waals surface area contributed by atoms with Crippen molar-refractivity contribution in [1.29, 1.82) is 5.26 Å². The second-order valence-electron chi connectivity index (χ2n) is 6.38. The van der Waals surface area contributed by atoms with E-state index in [1.807, 2.05) is 6.07 Å². The number of carbonyl (C=O) groups is 1. The number of rotatable bonds is 3. The first-order valence-electron chi connectivity index (χ1n) is 8.10. The molecule has 4 nitrogen and oxygen atoms in total. The zero-order chi connectivity index (χ0) is 19.6. The predicted molar refractivity (Wildman–Crippen MR) is 90.3 cm³/mol. The van der Waals surface area contributed by atoms with Gasteiger partial charge in [0.2, 0.25) is 0 Å². The number of carbonyl (C=O) groups excluding carboxylic acids is 1. The van der Waals surface area contributed by atoms with Gasteiger partial charge in [-0.1, -0.05) is 18.2 Å². The minimum atomic E-state index is -4.61. The normalized spacial score (nSPS) is 20.7. The molecule has 0 saturated heterocycles. The molecule has 1 aliphatic heterocycles. The highest BCUT2D eigenvalue weighted by Gasteiger charge is 2.43. The highest BCUT2D eigenvalue weighted by molar-refractivity contribution is 5.98. The number of aliphatic imine (C=N–C) groups is 1. The Bertz CT molecular complexity index is 817. The molecule has 1 aromatic carbocycles. The third-order valence-electron chi connectivity index (χ3n) is 4.13.